The Bertz CT molecular complexity index is 1130. The smallest absolute Gasteiger partial charge is 0.261 e. The third-order valence-electron chi connectivity index (χ3n) is 3.75. The number of anilines is 2. The molecular weight excluding hydrogens is 428 g/mol. The first-order valence-electron chi connectivity index (χ1n) is 8.46. The third-order valence-corrected chi connectivity index (χ3v) is 7.10. The van der Waals surface area contributed by atoms with Crippen LogP contribution in [0.1, 0.15) is 15.9 Å². The maximum atomic E-state index is 12.6. The molecule has 0 aliphatic carbocycles. The van der Waals surface area contributed by atoms with Crippen LogP contribution in [-0.2, 0) is 10.0 Å². The lowest BCUT2D eigenvalue weighted by atomic mass is 10.1. The van der Waals surface area contributed by atoms with Gasteiger partial charge in [0.1, 0.15) is 0 Å². The molecule has 3 aromatic rings. The first-order valence-corrected chi connectivity index (χ1v) is 11.7. The van der Waals surface area contributed by atoms with Gasteiger partial charge in [-0.1, -0.05) is 53.4 Å². The van der Waals surface area contributed by atoms with Gasteiger partial charge in [0, 0.05) is 11.3 Å². The van der Waals surface area contributed by atoms with Crippen LogP contribution in [0, 0.1) is 6.92 Å². The van der Waals surface area contributed by atoms with Crippen LogP contribution >= 0.6 is 23.1 Å². The Morgan fingerprint density at radius 3 is 2.69 bits per heavy atom. The minimum atomic E-state index is -3.76. The Morgan fingerprint density at radius 1 is 1.21 bits per heavy atom. The maximum absolute atomic E-state index is 12.6. The van der Waals surface area contributed by atoms with Gasteiger partial charge in [0.25, 0.3) is 15.9 Å². The topological polar surface area (TPSA) is 101 Å². The van der Waals surface area contributed by atoms with Crippen molar-refractivity contribution in [1.82, 2.24) is 10.2 Å². The van der Waals surface area contributed by atoms with E-state index in [2.05, 4.69) is 26.8 Å². The lowest BCUT2D eigenvalue weighted by molar-refractivity contribution is 0.102. The molecule has 7 nitrogen and oxygen atoms in total. The van der Waals surface area contributed by atoms with Crippen LogP contribution in [0.15, 0.2) is 70.4 Å². The fraction of sp³-hybridized carbons (Fsp3) is 0.105. The van der Waals surface area contributed by atoms with E-state index < -0.39 is 15.9 Å². The number of nitrogens with zero attached hydrogens (tertiary/aromatic N) is 2. The van der Waals surface area contributed by atoms with E-state index in [1.54, 1.807) is 43.3 Å². The third kappa shape index (κ3) is 5.43. The Kier molecular flexibility index (Phi) is 6.68. The lowest BCUT2D eigenvalue weighted by Crippen LogP contribution is -2.16. The van der Waals surface area contributed by atoms with Crippen molar-refractivity contribution in [3.8, 4) is 0 Å². The number of sulfonamides is 1. The quantitative estimate of drug-likeness (QED) is 0.306. The second-order valence-corrected chi connectivity index (χ2v) is 9.80. The van der Waals surface area contributed by atoms with Crippen LogP contribution in [0.4, 0.5) is 10.8 Å². The number of benzene rings is 2. The van der Waals surface area contributed by atoms with Crippen molar-refractivity contribution in [2.75, 3.05) is 15.8 Å². The summed E-state index contributed by atoms with van der Waals surface area (Å²) in [4.78, 5) is 12.7. The summed E-state index contributed by atoms with van der Waals surface area (Å²) in [5, 5.41) is 11.0. The molecule has 3 rings (SSSR count). The fourth-order valence-electron chi connectivity index (χ4n) is 2.29. The predicted molar refractivity (Wildman–Crippen MR) is 117 cm³/mol. The number of thioether (sulfide) groups is 1. The van der Waals surface area contributed by atoms with Crippen molar-refractivity contribution in [2.45, 2.75) is 16.2 Å². The van der Waals surface area contributed by atoms with E-state index >= 15 is 0 Å². The molecule has 0 atom stereocenters. The number of carbonyl (C=O) groups is 1. The van der Waals surface area contributed by atoms with Gasteiger partial charge in [-0.25, -0.2) is 8.42 Å². The summed E-state index contributed by atoms with van der Waals surface area (Å²) in [5.74, 6) is 0.299. The zero-order chi connectivity index (χ0) is 20.9. The van der Waals surface area contributed by atoms with Crippen molar-refractivity contribution in [3.63, 3.8) is 0 Å². The average molecular weight is 447 g/mol. The summed E-state index contributed by atoms with van der Waals surface area (Å²) in [6.45, 7) is 5.41. The van der Waals surface area contributed by atoms with Crippen LogP contribution in [0.3, 0.4) is 0 Å². The molecule has 0 radical (unpaired) electrons. The Hall–Kier alpha value is -2.69. The van der Waals surface area contributed by atoms with Crippen LogP contribution in [0.25, 0.3) is 0 Å². The molecule has 1 heterocycles. The van der Waals surface area contributed by atoms with E-state index in [1.807, 2.05) is 0 Å². The highest BCUT2D eigenvalue weighted by Gasteiger charge is 2.17. The minimum Gasteiger partial charge on any atom is -0.296 e. The van der Waals surface area contributed by atoms with Crippen LogP contribution in [0.2, 0.25) is 0 Å². The average Bonchev–Trinajstić information content (AvgIpc) is 3.15. The second-order valence-electron chi connectivity index (χ2n) is 5.88. The van der Waals surface area contributed by atoms with E-state index in [4.69, 9.17) is 0 Å². The van der Waals surface area contributed by atoms with Crippen LogP contribution < -0.4 is 10.0 Å². The van der Waals surface area contributed by atoms with Crippen molar-refractivity contribution in [3.05, 3.63) is 72.3 Å². The molecule has 0 unspecified atom stereocenters. The normalized spacial score (nSPS) is 11.1. The molecule has 0 aliphatic heterocycles. The standard InChI is InChI=1S/C19H18N4O3S3/c1-3-11-27-19-22-21-18(28-19)20-17(24)14-10-9-13(2)16(12-14)23-29(25,26)15-7-5-4-6-8-15/h3-10,12,23H,1,11H2,2H3,(H,20,21,24). The molecular formula is C19H18N4O3S3. The zero-order valence-electron chi connectivity index (χ0n) is 15.5. The molecule has 150 valence electrons. The van der Waals surface area contributed by atoms with Crippen LogP contribution in [-0.4, -0.2) is 30.3 Å². The van der Waals surface area contributed by atoms with E-state index in [0.717, 1.165) is 4.34 Å². The summed E-state index contributed by atoms with van der Waals surface area (Å²) in [6.07, 6.45) is 1.76. The van der Waals surface area contributed by atoms with Gasteiger partial charge < -0.3 is 0 Å². The highest BCUT2D eigenvalue weighted by atomic mass is 32.2. The number of hydrogen-bond donors (Lipinski definition) is 2. The molecule has 29 heavy (non-hydrogen) atoms. The molecule has 0 saturated heterocycles. The molecule has 1 amide bonds. The van der Waals surface area contributed by atoms with Crippen molar-refractivity contribution in [1.29, 1.82) is 0 Å². The lowest BCUT2D eigenvalue weighted by Gasteiger charge is -2.12. The summed E-state index contributed by atoms with van der Waals surface area (Å²) >= 11 is 2.73. The molecule has 2 N–H and O–H groups in total. The Labute approximate surface area is 177 Å². The molecule has 1 aromatic heterocycles. The highest BCUT2D eigenvalue weighted by Crippen LogP contribution is 2.26. The largest absolute Gasteiger partial charge is 0.296 e. The van der Waals surface area contributed by atoms with Gasteiger partial charge in [0.2, 0.25) is 5.13 Å². The van der Waals surface area contributed by atoms with Crippen molar-refractivity contribution in [2.24, 2.45) is 0 Å². The number of hydrogen-bond acceptors (Lipinski definition) is 7. The highest BCUT2D eigenvalue weighted by molar-refractivity contribution is 8.01. The Balaban J connectivity index is 1.77. The molecule has 0 spiro atoms. The zero-order valence-corrected chi connectivity index (χ0v) is 17.9. The van der Waals surface area contributed by atoms with E-state index in [-0.39, 0.29) is 4.90 Å². The van der Waals surface area contributed by atoms with Gasteiger partial charge in [-0.05, 0) is 36.8 Å². The number of rotatable bonds is 8. The SMILES string of the molecule is C=CCSc1nnc(NC(=O)c2ccc(C)c(NS(=O)(=O)c3ccccc3)c2)s1. The van der Waals surface area contributed by atoms with Crippen molar-refractivity contribution < 1.29 is 13.2 Å². The molecule has 0 bridgehead atoms. The first kappa shape index (κ1) is 21.0. The van der Waals surface area contributed by atoms with Gasteiger partial charge in [-0.15, -0.1) is 16.8 Å². The summed E-state index contributed by atoms with van der Waals surface area (Å²) in [6, 6.07) is 12.9. The number of carbonyl (C=O) groups excluding carboxylic acids is 1. The van der Waals surface area contributed by atoms with Gasteiger partial charge in [-0.2, -0.15) is 0 Å². The van der Waals surface area contributed by atoms with Gasteiger partial charge in [0.15, 0.2) is 4.34 Å². The molecule has 0 saturated carbocycles. The predicted octanol–water partition coefficient (Wildman–Crippen LogP) is 4.18. The van der Waals surface area contributed by atoms with Gasteiger partial charge in [-0.3, -0.25) is 14.8 Å². The maximum Gasteiger partial charge on any atom is 0.261 e. The second kappa shape index (κ2) is 9.21. The molecule has 10 heteroatoms. The molecule has 0 aliphatic rings. The van der Waals surface area contributed by atoms with E-state index in [0.29, 0.717) is 27.7 Å². The Morgan fingerprint density at radius 2 is 1.97 bits per heavy atom. The van der Waals surface area contributed by atoms with Crippen molar-refractivity contribution >= 4 is 49.8 Å². The molecule has 0 fully saturated rings. The monoisotopic (exact) mass is 446 g/mol. The van der Waals surface area contributed by atoms with E-state index in [9.17, 15) is 13.2 Å². The number of nitrogens with one attached hydrogen (secondary N) is 2. The van der Waals surface area contributed by atoms with E-state index in [1.165, 1.54) is 41.3 Å². The first-order chi connectivity index (χ1) is 13.9. The van der Waals surface area contributed by atoms with Gasteiger partial charge in [0.05, 0.1) is 10.6 Å². The summed E-state index contributed by atoms with van der Waals surface area (Å²) < 4.78 is 28.4. The number of aromatic nitrogens is 2. The summed E-state index contributed by atoms with van der Waals surface area (Å²) in [7, 11) is -3.76. The number of amides is 1. The molecule has 2 aromatic carbocycles. The fourth-order valence-corrected chi connectivity index (χ4v) is 4.95. The minimum absolute atomic E-state index is 0.146. The van der Waals surface area contributed by atoms with Gasteiger partial charge >= 0.3 is 0 Å². The summed E-state index contributed by atoms with van der Waals surface area (Å²) in [5.41, 5.74) is 1.33. The number of aryl methyl sites for hydroxylation is 1. The van der Waals surface area contributed by atoms with Crippen LogP contribution in [0.5, 0.6) is 0 Å².